The number of hydrogen-bond donors (Lipinski definition) is 1. The van der Waals surface area contributed by atoms with Crippen LogP contribution in [-0.2, 0) is 12.8 Å². The van der Waals surface area contributed by atoms with Crippen molar-refractivity contribution in [1.82, 2.24) is 24.3 Å². The van der Waals surface area contributed by atoms with E-state index in [-0.39, 0.29) is 11.6 Å². The number of benzene rings is 2. The first kappa shape index (κ1) is 19.4. The van der Waals surface area contributed by atoms with Crippen LogP contribution in [0.2, 0.25) is 0 Å². The van der Waals surface area contributed by atoms with E-state index in [9.17, 15) is 4.79 Å². The number of anilines is 2. The van der Waals surface area contributed by atoms with Crippen LogP contribution in [0.3, 0.4) is 0 Å². The highest BCUT2D eigenvalue weighted by Crippen LogP contribution is 2.30. The second-order valence-corrected chi connectivity index (χ2v) is 8.30. The Hall–Kier alpha value is -4.26. The molecule has 1 N–H and O–H groups in total. The highest BCUT2D eigenvalue weighted by atomic mass is 16.1. The standard InChI is InChI=1S/C26H22N6O/c33-24-13-7-20-17-27-26(29-21-8-11-22(12-9-21)31-15-3-14-28-31)30-25(20)32(24)23-10-6-18-4-1-2-5-19(18)16-23/h1-5,7-9,11-15,17,23H,6,10,16H2,(H,27,29,30). The fraction of sp³-hybridized carbons (Fsp3) is 0.154. The van der Waals surface area contributed by atoms with Gasteiger partial charge in [0.25, 0.3) is 5.56 Å². The zero-order valence-electron chi connectivity index (χ0n) is 17.9. The van der Waals surface area contributed by atoms with Crippen molar-refractivity contribution in [3.05, 3.63) is 107 Å². The summed E-state index contributed by atoms with van der Waals surface area (Å²) in [7, 11) is 0. The molecule has 5 aromatic rings. The number of aryl methyl sites for hydroxylation is 1. The van der Waals surface area contributed by atoms with Crippen molar-refractivity contribution in [1.29, 1.82) is 0 Å². The third kappa shape index (κ3) is 3.67. The van der Waals surface area contributed by atoms with Crippen LogP contribution in [0, 0.1) is 0 Å². The van der Waals surface area contributed by atoms with Gasteiger partial charge in [0.1, 0.15) is 5.65 Å². The predicted octanol–water partition coefficient (Wildman–Crippen LogP) is 4.45. The lowest BCUT2D eigenvalue weighted by Crippen LogP contribution is -2.29. The molecule has 0 saturated heterocycles. The van der Waals surface area contributed by atoms with E-state index in [2.05, 4.69) is 39.7 Å². The molecule has 2 aromatic carbocycles. The van der Waals surface area contributed by atoms with Crippen molar-refractivity contribution in [3.63, 3.8) is 0 Å². The smallest absolute Gasteiger partial charge is 0.252 e. The molecule has 0 fully saturated rings. The second-order valence-electron chi connectivity index (χ2n) is 8.30. The molecular formula is C26H22N6O. The van der Waals surface area contributed by atoms with Crippen LogP contribution in [0.15, 0.2) is 90.1 Å². The van der Waals surface area contributed by atoms with Crippen LogP contribution < -0.4 is 10.9 Å². The van der Waals surface area contributed by atoms with Gasteiger partial charge in [0.15, 0.2) is 0 Å². The van der Waals surface area contributed by atoms with E-state index in [0.29, 0.717) is 11.6 Å². The molecule has 7 heteroatoms. The monoisotopic (exact) mass is 434 g/mol. The summed E-state index contributed by atoms with van der Waals surface area (Å²) in [6, 6.07) is 21.7. The minimum atomic E-state index is -0.0277. The van der Waals surface area contributed by atoms with Gasteiger partial charge in [-0.15, -0.1) is 0 Å². The number of pyridine rings is 1. The normalized spacial score (nSPS) is 15.3. The van der Waals surface area contributed by atoms with Crippen LogP contribution in [0.5, 0.6) is 0 Å². The number of hydrogen-bond acceptors (Lipinski definition) is 5. The Balaban J connectivity index is 1.33. The number of rotatable bonds is 4. The minimum Gasteiger partial charge on any atom is -0.324 e. The predicted molar refractivity (Wildman–Crippen MR) is 128 cm³/mol. The molecule has 6 rings (SSSR count). The molecule has 1 aliphatic rings. The Kier molecular flexibility index (Phi) is 4.72. The summed E-state index contributed by atoms with van der Waals surface area (Å²) in [5.41, 5.74) is 5.15. The molecule has 0 spiro atoms. The van der Waals surface area contributed by atoms with E-state index < -0.39 is 0 Å². The van der Waals surface area contributed by atoms with Gasteiger partial charge in [-0.05, 0) is 66.8 Å². The summed E-state index contributed by atoms with van der Waals surface area (Å²) < 4.78 is 3.65. The summed E-state index contributed by atoms with van der Waals surface area (Å²) in [6.45, 7) is 0. The van der Waals surface area contributed by atoms with E-state index >= 15 is 0 Å². The first-order valence-corrected chi connectivity index (χ1v) is 11.1. The van der Waals surface area contributed by atoms with E-state index in [0.717, 1.165) is 36.0 Å². The molecule has 0 radical (unpaired) electrons. The third-order valence-electron chi connectivity index (χ3n) is 6.25. The topological polar surface area (TPSA) is 77.6 Å². The van der Waals surface area contributed by atoms with E-state index in [1.165, 1.54) is 11.1 Å². The number of aromatic nitrogens is 5. The fourth-order valence-electron chi connectivity index (χ4n) is 4.60. The van der Waals surface area contributed by atoms with Gasteiger partial charge in [0, 0.05) is 41.8 Å². The summed E-state index contributed by atoms with van der Waals surface area (Å²) in [4.78, 5) is 22.2. The summed E-state index contributed by atoms with van der Waals surface area (Å²) in [6.07, 6.45) is 8.13. The summed E-state index contributed by atoms with van der Waals surface area (Å²) in [5, 5.41) is 8.37. The number of nitrogens with zero attached hydrogens (tertiary/aromatic N) is 5. The number of fused-ring (bicyclic) bond motifs is 2. The number of nitrogens with one attached hydrogen (secondary N) is 1. The van der Waals surface area contributed by atoms with Gasteiger partial charge in [-0.3, -0.25) is 9.36 Å². The quantitative estimate of drug-likeness (QED) is 0.452. The van der Waals surface area contributed by atoms with E-state index in [4.69, 9.17) is 4.98 Å². The molecule has 162 valence electrons. The van der Waals surface area contributed by atoms with Crippen LogP contribution in [0.1, 0.15) is 23.6 Å². The van der Waals surface area contributed by atoms with Crippen molar-refractivity contribution in [2.45, 2.75) is 25.3 Å². The van der Waals surface area contributed by atoms with Gasteiger partial charge in [0.2, 0.25) is 5.95 Å². The van der Waals surface area contributed by atoms with Crippen LogP contribution in [0.4, 0.5) is 11.6 Å². The van der Waals surface area contributed by atoms with Crippen molar-refractivity contribution in [2.75, 3.05) is 5.32 Å². The van der Waals surface area contributed by atoms with Crippen molar-refractivity contribution >= 4 is 22.7 Å². The lowest BCUT2D eigenvalue weighted by molar-refractivity contribution is 0.441. The Morgan fingerprint density at radius 1 is 0.939 bits per heavy atom. The van der Waals surface area contributed by atoms with Gasteiger partial charge in [-0.25, -0.2) is 9.67 Å². The first-order valence-electron chi connectivity index (χ1n) is 11.1. The lowest BCUT2D eigenvalue weighted by atomic mass is 9.88. The third-order valence-corrected chi connectivity index (χ3v) is 6.25. The SMILES string of the molecule is O=c1ccc2cnc(Nc3ccc(-n4cccn4)cc3)nc2n1C1CCc2ccccc2C1. The fourth-order valence-corrected chi connectivity index (χ4v) is 4.60. The Bertz CT molecular complexity index is 1490. The molecular weight excluding hydrogens is 412 g/mol. The molecule has 1 atom stereocenters. The lowest BCUT2D eigenvalue weighted by Gasteiger charge is -2.27. The maximum Gasteiger partial charge on any atom is 0.252 e. The largest absolute Gasteiger partial charge is 0.324 e. The molecule has 33 heavy (non-hydrogen) atoms. The zero-order valence-corrected chi connectivity index (χ0v) is 17.9. The van der Waals surface area contributed by atoms with Crippen LogP contribution in [-0.4, -0.2) is 24.3 Å². The molecule has 1 aliphatic carbocycles. The average molecular weight is 435 g/mol. The zero-order chi connectivity index (χ0) is 22.2. The molecule has 7 nitrogen and oxygen atoms in total. The minimum absolute atomic E-state index is 0.0277. The Labute approximate surface area is 190 Å². The van der Waals surface area contributed by atoms with Crippen molar-refractivity contribution in [3.8, 4) is 5.69 Å². The van der Waals surface area contributed by atoms with Gasteiger partial charge in [-0.1, -0.05) is 24.3 Å². The van der Waals surface area contributed by atoms with Crippen LogP contribution in [0.25, 0.3) is 16.7 Å². The average Bonchev–Trinajstić information content (AvgIpc) is 3.39. The maximum absolute atomic E-state index is 12.9. The summed E-state index contributed by atoms with van der Waals surface area (Å²) >= 11 is 0. The van der Waals surface area contributed by atoms with Crippen molar-refractivity contribution in [2.24, 2.45) is 0 Å². The second kappa shape index (κ2) is 8.02. The van der Waals surface area contributed by atoms with Gasteiger partial charge in [0.05, 0.1) is 5.69 Å². The molecule has 0 bridgehead atoms. The first-order chi connectivity index (χ1) is 16.2. The Morgan fingerprint density at radius 2 is 1.79 bits per heavy atom. The van der Waals surface area contributed by atoms with Gasteiger partial charge in [-0.2, -0.15) is 10.1 Å². The molecule has 3 aromatic heterocycles. The van der Waals surface area contributed by atoms with Gasteiger partial charge < -0.3 is 5.32 Å². The molecule has 0 aliphatic heterocycles. The highest BCUT2D eigenvalue weighted by molar-refractivity contribution is 5.76. The maximum atomic E-state index is 12.9. The van der Waals surface area contributed by atoms with Crippen molar-refractivity contribution < 1.29 is 0 Å². The molecule has 1 unspecified atom stereocenters. The highest BCUT2D eigenvalue weighted by Gasteiger charge is 2.22. The summed E-state index contributed by atoms with van der Waals surface area (Å²) in [5.74, 6) is 0.463. The Morgan fingerprint density at radius 3 is 2.61 bits per heavy atom. The molecule has 0 amide bonds. The van der Waals surface area contributed by atoms with E-state index in [1.54, 1.807) is 29.2 Å². The van der Waals surface area contributed by atoms with Gasteiger partial charge >= 0.3 is 0 Å². The van der Waals surface area contributed by atoms with E-state index in [1.807, 2.05) is 41.1 Å². The molecule has 0 saturated carbocycles. The molecule has 3 heterocycles. The van der Waals surface area contributed by atoms with Crippen LogP contribution >= 0.6 is 0 Å².